The molecule has 0 unspecified atom stereocenters. The van der Waals surface area contributed by atoms with Crippen molar-refractivity contribution in [1.29, 1.82) is 0 Å². The molecule has 9 heteroatoms. The molecule has 32 heavy (non-hydrogen) atoms. The summed E-state index contributed by atoms with van der Waals surface area (Å²) in [5, 5.41) is 2.80. The van der Waals surface area contributed by atoms with Gasteiger partial charge in [0.05, 0.1) is 24.7 Å². The van der Waals surface area contributed by atoms with E-state index in [0.717, 1.165) is 6.07 Å². The van der Waals surface area contributed by atoms with Crippen LogP contribution >= 0.6 is 0 Å². The van der Waals surface area contributed by atoms with E-state index in [1.807, 2.05) is 0 Å². The summed E-state index contributed by atoms with van der Waals surface area (Å²) in [6.07, 6.45) is -1.90. The Kier molecular flexibility index (Phi) is 5.79. The van der Waals surface area contributed by atoms with Crippen LogP contribution in [0.5, 0.6) is 0 Å². The van der Waals surface area contributed by atoms with Gasteiger partial charge in [-0.3, -0.25) is 9.36 Å². The molecule has 6 nitrogen and oxygen atoms in total. The minimum atomic E-state index is -4.48. The molecular formula is C23H22F3N3O3. The normalized spacial score (nSPS) is 18.0. The van der Waals surface area contributed by atoms with Crippen LogP contribution in [0.1, 0.15) is 29.9 Å². The average Bonchev–Trinajstić information content (AvgIpc) is 3.38. The van der Waals surface area contributed by atoms with E-state index in [4.69, 9.17) is 9.47 Å². The van der Waals surface area contributed by atoms with Crippen LogP contribution in [0.2, 0.25) is 0 Å². The lowest BCUT2D eigenvalue weighted by molar-refractivity contribution is -0.138. The zero-order valence-corrected chi connectivity index (χ0v) is 17.5. The molecule has 1 amide bonds. The van der Waals surface area contributed by atoms with Gasteiger partial charge in [-0.15, -0.1) is 0 Å². The van der Waals surface area contributed by atoms with Gasteiger partial charge >= 0.3 is 6.18 Å². The highest BCUT2D eigenvalue weighted by Crippen LogP contribution is 2.37. The lowest BCUT2D eigenvalue weighted by atomic mass is 9.99. The molecule has 2 aromatic carbocycles. The maximum Gasteiger partial charge on any atom is 0.417 e. The lowest BCUT2D eigenvalue weighted by Gasteiger charge is -2.17. The van der Waals surface area contributed by atoms with Crippen molar-refractivity contribution in [2.24, 2.45) is 0 Å². The fourth-order valence-corrected chi connectivity index (χ4v) is 3.63. The molecule has 4 rings (SSSR count). The van der Waals surface area contributed by atoms with Crippen molar-refractivity contribution < 1.29 is 27.4 Å². The van der Waals surface area contributed by atoms with Crippen LogP contribution in [0, 0.1) is 0 Å². The molecule has 168 valence electrons. The zero-order valence-electron chi connectivity index (χ0n) is 17.5. The molecule has 1 aliphatic rings. The van der Waals surface area contributed by atoms with E-state index in [2.05, 4.69) is 10.3 Å². The Bertz CT molecular complexity index is 1120. The van der Waals surface area contributed by atoms with Crippen LogP contribution in [-0.2, 0) is 15.7 Å². The van der Waals surface area contributed by atoms with Crippen LogP contribution in [0.3, 0.4) is 0 Å². The molecule has 2 heterocycles. The van der Waals surface area contributed by atoms with Gasteiger partial charge in [-0.2, -0.15) is 13.2 Å². The fraction of sp³-hybridized carbons (Fsp3) is 0.304. The first-order chi connectivity index (χ1) is 15.1. The number of carbonyl (C=O) groups is 1. The van der Waals surface area contributed by atoms with Crippen LogP contribution in [0.4, 0.5) is 13.2 Å². The third kappa shape index (κ3) is 4.68. The molecular weight excluding hydrogens is 423 g/mol. The summed E-state index contributed by atoms with van der Waals surface area (Å²) in [5.74, 6) is -1.07. The third-order valence-corrected chi connectivity index (χ3v) is 5.10. The Morgan fingerprint density at radius 1 is 1.22 bits per heavy atom. The standard InChI is InChI=1S/C23H22F3N3O3/c1-22(2)31-13-17(32-22)11-28-21(30)20-12-27-14-29(20)16-7-5-6-15(10-16)18-8-3-4-9-19(18)23(24,25)26/h3-10,12,14,17H,11,13H2,1-2H3,(H,28,30)/t17-/m1/s1. The molecule has 0 aliphatic carbocycles. The number of ether oxygens (including phenoxy) is 2. The number of benzene rings is 2. The summed E-state index contributed by atoms with van der Waals surface area (Å²) in [6.45, 7) is 4.22. The first kappa shape index (κ1) is 22.0. The summed E-state index contributed by atoms with van der Waals surface area (Å²) in [6, 6.07) is 11.9. The van der Waals surface area contributed by atoms with Crippen LogP contribution in [0.15, 0.2) is 61.1 Å². The summed E-state index contributed by atoms with van der Waals surface area (Å²) in [4.78, 5) is 16.8. The van der Waals surface area contributed by atoms with Crippen LogP contribution in [-0.4, -0.2) is 40.5 Å². The highest BCUT2D eigenvalue weighted by molar-refractivity contribution is 5.93. The number of hydrogen-bond acceptors (Lipinski definition) is 4. The van der Waals surface area contributed by atoms with Gasteiger partial charge in [0.25, 0.3) is 5.91 Å². The Morgan fingerprint density at radius 2 is 2.00 bits per heavy atom. The van der Waals surface area contributed by atoms with E-state index in [9.17, 15) is 18.0 Å². The number of carbonyl (C=O) groups excluding carboxylic acids is 1. The molecule has 1 atom stereocenters. The number of amides is 1. The van der Waals surface area contributed by atoms with Gasteiger partial charge < -0.3 is 14.8 Å². The van der Waals surface area contributed by atoms with Crippen LogP contribution in [0.25, 0.3) is 16.8 Å². The Labute approximate surface area is 183 Å². The number of alkyl halides is 3. The van der Waals surface area contributed by atoms with Gasteiger partial charge in [-0.05, 0) is 43.2 Å². The molecule has 1 fully saturated rings. The molecule has 0 spiro atoms. The predicted octanol–water partition coefficient (Wildman–Crippen LogP) is 4.44. The molecule has 1 aliphatic heterocycles. The van der Waals surface area contributed by atoms with Crippen molar-refractivity contribution in [2.75, 3.05) is 13.2 Å². The first-order valence-electron chi connectivity index (χ1n) is 10.0. The quantitative estimate of drug-likeness (QED) is 0.631. The van der Waals surface area contributed by atoms with Crippen LogP contribution < -0.4 is 5.32 Å². The molecule has 1 aromatic heterocycles. The molecule has 0 radical (unpaired) electrons. The Morgan fingerprint density at radius 3 is 2.72 bits per heavy atom. The zero-order chi connectivity index (χ0) is 22.9. The number of hydrogen-bond donors (Lipinski definition) is 1. The van der Waals surface area contributed by atoms with E-state index in [-0.39, 0.29) is 29.8 Å². The van der Waals surface area contributed by atoms with Gasteiger partial charge in [0, 0.05) is 12.2 Å². The molecule has 0 saturated carbocycles. The topological polar surface area (TPSA) is 65.4 Å². The van der Waals surface area contributed by atoms with Crippen molar-refractivity contribution in [3.8, 4) is 16.8 Å². The predicted molar refractivity (Wildman–Crippen MR) is 111 cm³/mol. The summed E-state index contributed by atoms with van der Waals surface area (Å²) >= 11 is 0. The number of rotatable bonds is 5. The maximum absolute atomic E-state index is 13.5. The SMILES string of the molecule is CC1(C)OC[C@@H](CNC(=O)c2cncn2-c2cccc(-c3ccccc3C(F)(F)F)c2)O1. The second-order valence-electron chi connectivity index (χ2n) is 7.90. The molecule has 1 saturated heterocycles. The van der Waals surface area contributed by atoms with E-state index in [1.54, 1.807) is 44.2 Å². The molecule has 3 aromatic rings. The average molecular weight is 445 g/mol. The lowest BCUT2D eigenvalue weighted by Crippen LogP contribution is -2.35. The number of nitrogens with one attached hydrogen (secondary N) is 1. The van der Waals surface area contributed by atoms with E-state index in [0.29, 0.717) is 17.9 Å². The van der Waals surface area contributed by atoms with Gasteiger partial charge in [0.15, 0.2) is 5.79 Å². The fourth-order valence-electron chi connectivity index (χ4n) is 3.63. The van der Waals surface area contributed by atoms with Gasteiger partial charge in [0.2, 0.25) is 0 Å². The second kappa shape index (κ2) is 8.40. The largest absolute Gasteiger partial charge is 0.417 e. The van der Waals surface area contributed by atoms with Crippen molar-refractivity contribution in [1.82, 2.24) is 14.9 Å². The minimum Gasteiger partial charge on any atom is -0.348 e. The van der Waals surface area contributed by atoms with E-state index >= 15 is 0 Å². The number of halogens is 3. The van der Waals surface area contributed by atoms with Crippen molar-refractivity contribution in [2.45, 2.75) is 31.9 Å². The van der Waals surface area contributed by atoms with Gasteiger partial charge in [-0.25, -0.2) is 4.98 Å². The second-order valence-corrected chi connectivity index (χ2v) is 7.90. The number of nitrogens with zero attached hydrogens (tertiary/aromatic N) is 2. The highest BCUT2D eigenvalue weighted by atomic mass is 19.4. The van der Waals surface area contributed by atoms with Crippen molar-refractivity contribution in [3.63, 3.8) is 0 Å². The monoisotopic (exact) mass is 445 g/mol. The van der Waals surface area contributed by atoms with Gasteiger partial charge in [-0.1, -0.05) is 30.3 Å². The maximum atomic E-state index is 13.5. The summed E-state index contributed by atoms with van der Waals surface area (Å²) in [5.41, 5.74) is 0.499. The number of aromatic nitrogens is 2. The smallest absolute Gasteiger partial charge is 0.348 e. The Balaban J connectivity index is 1.57. The van der Waals surface area contributed by atoms with E-state index in [1.165, 1.54) is 29.2 Å². The first-order valence-corrected chi connectivity index (χ1v) is 10.0. The van der Waals surface area contributed by atoms with Gasteiger partial charge in [0.1, 0.15) is 11.8 Å². The van der Waals surface area contributed by atoms with Crippen molar-refractivity contribution >= 4 is 5.91 Å². The third-order valence-electron chi connectivity index (χ3n) is 5.10. The number of imidazole rings is 1. The summed E-state index contributed by atoms with van der Waals surface area (Å²) < 4.78 is 53.1. The Hall–Kier alpha value is -3.17. The van der Waals surface area contributed by atoms with Crippen molar-refractivity contribution in [3.05, 3.63) is 72.3 Å². The minimum absolute atomic E-state index is 0.0639. The summed E-state index contributed by atoms with van der Waals surface area (Å²) in [7, 11) is 0. The molecule has 1 N–H and O–H groups in total. The highest BCUT2D eigenvalue weighted by Gasteiger charge is 2.34. The molecule has 0 bridgehead atoms. The van der Waals surface area contributed by atoms with E-state index < -0.39 is 17.5 Å².